The molecule has 106 valence electrons. The molecule has 0 saturated carbocycles. The number of carbonyl (C=O) groups excluding carboxylic acids is 2. The monoisotopic (exact) mass is 275 g/mol. The summed E-state index contributed by atoms with van der Waals surface area (Å²) in [6, 6.07) is 5.72. The lowest BCUT2D eigenvalue weighted by Gasteiger charge is -2.14. The van der Waals surface area contributed by atoms with Gasteiger partial charge in [-0.1, -0.05) is 18.2 Å². The summed E-state index contributed by atoms with van der Waals surface area (Å²) in [5, 5.41) is 8.65. The van der Waals surface area contributed by atoms with Gasteiger partial charge in [0.25, 0.3) is 0 Å². The first-order chi connectivity index (χ1) is 9.40. The van der Waals surface area contributed by atoms with Crippen molar-refractivity contribution in [1.82, 2.24) is 4.90 Å². The first kappa shape index (κ1) is 14.2. The Morgan fingerprint density at radius 1 is 1.30 bits per heavy atom. The van der Waals surface area contributed by atoms with Crippen molar-refractivity contribution < 1.29 is 19.5 Å². The summed E-state index contributed by atoms with van der Waals surface area (Å²) in [5.41, 5.74) is 3.03. The van der Waals surface area contributed by atoms with Gasteiger partial charge in [-0.15, -0.1) is 0 Å². The molecule has 5 heteroatoms. The van der Waals surface area contributed by atoms with Gasteiger partial charge in [-0.2, -0.15) is 0 Å². The van der Waals surface area contributed by atoms with E-state index in [0.717, 1.165) is 21.6 Å². The molecule has 20 heavy (non-hydrogen) atoms. The van der Waals surface area contributed by atoms with Crippen LogP contribution in [0.25, 0.3) is 0 Å². The molecule has 1 aromatic carbocycles. The third-order valence-electron chi connectivity index (χ3n) is 3.73. The number of hydrogen-bond donors (Lipinski definition) is 1. The van der Waals surface area contributed by atoms with Crippen LogP contribution in [0.4, 0.5) is 0 Å². The van der Waals surface area contributed by atoms with Crippen LogP contribution in [0.3, 0.4) is 0 Å². The van der Waals surface area contributed by atoms with E-state index in [1.165, 1.54) is 0 Å². The molecule has 0 spiro atoms. The van der Waals surface area contributed by atoms with Crippen molar-refractivity contribution in [2.24, 2.45) is 0 Å². The van der Waals surface area contributed by atoms with E-state index >= 15 is 0 Å². The van der Waals surface area contributed by atoms with Crippen molar-refractivity contribution in [3.63, 3.8) is 0 Å². The average Bonchev–Trinajstić information content (AvgIpc) is 2.66. The van der Waals surface area contributed by atoms with E-state index in [4.69, 9.17) is 5.11 Å². The zero-order valence-electron chi connectivity index (χ0n) is 11.5. The van der Waals surface area contributed by atoms with E-state index in [-0.39, 0.29) is 31.2 Å². The van der Waals surface area contributed by atoms with Gasteiger partial charge < -0.3 is 5.11 Å². The molecule has 1 aromatic rings. The molecule has 2 rings (SSSR count). The zero-order chi connectivity index (χ0) is 14.9. The summed E-state index contributed by atoms with van der Waals surface area (Å²) in [6.07, 6.45) is -0.0852. The number of aryl methyl sites for hydroxylation is 2. The van der Waals surface area contributed by atoms with Gasteiger partial charge >= 0.3 is 5.97 Å². The fourth-order valence-electron chi connectivity index (χ4n) is 2.37. The van der Waals surface area contributed by atoms with Crippen LogP contribution in [0, 0.1) is 13.8 Å². The highest BCUT2D eigenvalue weighted by atomic mass is 16.4. The van der Waals surface area contributed by atoms with Crippen LogP contribution in [-0.4, -0.2) is 34.3 Å². The zero-order valence-corrected chi connectivity index (χ0v) is 11.5. The summed E-state index contributed by atoms with van der Waals surface area (Å²) >= 11 is 0. The van der Waals surface area contributed by atoms with E-state index in [9.17, 15) is 14.4 Å². The van der Waals surface area contributed by atoms with Gasteiger partial charge in [-0.25, -0.2) is 0 Å². The second kappa shape index (κ2) is 5.45. The number of likely N-dealkylation sites (tertiary alicyclic amines) is 1. The Balaban J connectivity index is 2.18. The molecule has 1 atom stereocenters. The van der Waals surface area contributed by atoms with Crippen LogP contribution >= 0.6 is 0 Å². The van der Waals surface area contributed by atoms with Crippen LogP contribution < -0.4 is 0 Å². The Hall–Kier alpha value is -2.17. The Morgan fingerprint density at radius 3 is 2.60 bits per heavy atom. The van der Waals surface area contributed by atoms with Gasteiger partial charge in [-0.3, -0.25) is 19.3 Å². The second-order valence-electron chi connectivity index (χ2n) is 5.13. The van der Waals surface area contributed by atoms with Crippen LogP contribution in [0.5, 0.6) is 0 Å². The summed E-state index contributed by atoms with van der Waals surface area (Å²) in [6.45, 7) is 3.90. The quantitative estimate of drug-likeness (QED) is 0.847. The van der Waals surface area contributed by atoms with Gasteiger partial charge in [0.15, 0.2) is 0 Å². The number of hydrogen-bond acceptors (Lipinski definition) is 3. The first-order valence-corrected chi connectivity index (χ1v) is 6.53. The second-order valence-corrected chi connectivity index (χ2v) is 5.13. The number of aliphatic carboxylic acids is 1. The SMILES string of the molecule is Cc1ccc(C2CC(=O)N(CCC(=O)O)C2=O)cc1C. The largest absolute Gasteiger partial charge is 0.481 e. The molecule has 1 aliphatic heterocycles. The number of carboxylic acid groups (broad SMARTS) is 1. The summed E-state index contributed by atoms with van der Waals surface area (Å²) in [4.78, 5) is 35.7. The van der Waals surface area contributed by atoms with Crippen molar-refractivity contribution in [1.29, 1.82) is 0 Å². The number of amides is 2. The number of rotatable bonds is 4. The van der Waals surface area contributed by atoms with E-state index in [1.54, 1.807) is 0 Å². The van der Waals surface area contributed by atoms with Gasteiger partial charge in [-0.05, 0) is 30.5 Å². The minimum Gasteiger partial charge on any atom is -0.481 e. The Bertz CT molecular complexity index is 579. The third-order valence-corrected chi connectivity index (χ3v) is 3.73. The Morgan fingerprint density at radius 2 is 2.00 bits per heavy atom. The van der Waals surface area contributed by atoms with Crippen LogP contribution in [0.15, 0.2) is 18.2 Å². The lowest BCUT2D eigenvalue weighted by atomic mass is 9.94. The van der Waals surface area contributed by atoms with Crippen LogP contribution in [0.2, 0.25) is 0 Å². The van der Waals surface area contributed by atoms with Gasteiger partial charge in [0, 0.05) is 13.0 Å². The van der Waals surface area contributed by atoms with Crippen molar-refractivity contribution in [3.8, 4) is 0 Å². The maximum absolute atomic E-state index is 12.2. The lowest BCUT2D eigenvalue weighted by Crippen LogP contribution is -2.32. The molecule has 1 unspecified atom stereocenters. The predicted octanol–water partition coefficient (Wildman–Crippen LogP) is 1.62. The molecule has 2 amide bonds. The molecule has 5 nitrogen and oxygen atoms in total. The minimum atomic E-state index is -1.01. The standard InChI is InChI=1S/C15H17NO4/c1-9-3-4-11(7-10(9)2)12-8-13(17)16(15(12)20)6-5-14(18)19/h3-4,7,12H,5-6,8H2,1-2H3,(H,18,19). The van der Waals surface area contributed by atoms with E-state index in [0.29, 0.717) is 0 Å². The number of benzene rings is 1. The van der Waals surface area contributed by atoms with E-state index < -0.39 is 11.9 Å². The van der Waals surface area contributed by atoms with Gasteiger partial charge in [0.2, 0.25) is 11.8 Å². The molecule has 0 aliphatic carbocycles. The van der Waals surface area contributed by atoms with Crippen LogP contribution in [-0.2, 0) is 14.4 Å². The Kier molecular flexibility index (Phi) is 3.88. The van der Waals surface area contributed by atoms with Crippen molar-refractivity contribution in [2.45, 2.75) is 32.6 Å². The highest BCUT2D eigenvalue weighted by molar-refractivity contribution is 6.06. The molecule has 0 bridgehead atoms. The highest BCUT2D eigenvalue weighted by Crippen LogP contribution is 2.30. The maximum Gasteiger partial charge on any atom is 0.305 e. The normalized spacial score (nSPS) is 18.7. The number of carbonyl (C=O) groups is 3. The molecule has 1 N–H and O–H groups in total. The van der Waals surface area contributed by atoms with Crippen molar-refractivity contribution in [2.75, 3.05) is 6.54 Å². The van der Waals surface area contributed by atoms with Crippen molar-refractivity contribution >= 4 is 17.8 Å². The smallest absolute Gasteiger partial charge is 0.305 e. The fourth-order valence-corrected chi connectivity index (χ4v) is 2.37. The molecule has 0 radical (unpaired) electrons. The average molecular weight is 275 g/mol. The molecular weight excluding hydrogens is 258 g/mol. The summed E-state index contributed by atoms with van der Waals surface area (Å²) in [5.74, 6) is -2.07. The number of carboxylic acids is 1. The number of nitrogens with zero attached hydrogens (tertiary/aromatic N) is 1. The first-order valence-electron chi connectivity index (χ1n) is 6.53. The maximum atomic E-state index is 12.2. The van der Waals surface area contributed by atoms with Gasteiger partial charge in [0.1, 0.15) is 0 Å². The van der Waals surface area contributed by atoms with Crippen LogP contribution in [0.1, 0.15) is 35.4 Å². The molecule has 1 heterocycles. The molecule has 1 aliphatic rings. The summed E-state index contributed by atoms with van der Waals surface area (Å²) in [7, 11) is 0. The topological polar surface area (TPSA) is 74.7 Å². The molecule has 1 saturated heterocycles. The Labute approximate surface area is 117 Å². The highest BCUT2D eigenvalue weighted by Gasteiger charge is 2.39. The molecule has 1 fully saturated rings. The third kappa shape index (κ3) is 2.71. The fraction of sp³-hybridized carbons (Fsp3) is 0.400. The lowest BCUT2D eigenvalue weighted by molar-refractivity contribution is -0.141. The predicted molar refractivity (Wildman–Crippen MR) is 72.2 cm³/mol. The molecular formula is C15H17NO4. The minimum absolute atomic E-state index is 0.0473. The number of imide groups is 1. The van der Waals surface area contributed by atoms with E-state index in [1.807, 2.05) is 32.0 Å². The van der Waals surface area contributed by atoms with E-state index in [2.05, 4.69) is 0 Å². The van der Waals surface area contributed by atoms with Crippen molar-refractivity contribution in [3.05, 3.63) is 34.9 Å². The summed E-state index contributed by atoms with van der Waals surface area (Å²) < 4.78 is 0. The molecule has 0 aromatic heterocycles. The van der Waals surface area contributed by atoms with Gasteiger partial charge in [0.05, 0.1) is 12.3 Å².